The number of carbonyl (C=O) groups is 4. The van der Waals surface area contributed by atoms with Crippen LogP contribution in [-0.4, -0.2) is 28.9 Å². The quantitative estimate of drug-likeness (QED) is 0.189. The minimum absolute atomic E-state index is 0.0106. The topological polar surface area (TPSA) is 109 Å². The third-order valence-corrected chi connectivity index (χ3v) is 7.63. The van der Waals surface area contributed by atoms with Gasteiger partial charge < -0.3 is 15.1 Å². The Morgan fingerprint density at radius 2 is 1.73 bits per heavy atom. The highest BCUT2D eigenvalue weighted by Crippen LogP contribution is 2.35. The second-order valence-electron chi connectivity index (χ2n) is 8.73. The lowest BCUT2D eigenvalue weighted by Gasteiger charge is -2.15. The van der Waals surface area contributed by atoms with Gasteiger partial charge in [-0.05, 0) is 66.7 Å². The van der Waals surface area contributed by atoms with Crippen LogP contribution in [0.2, 0.25) is 0 Å². The van der Waals surface area contributed by atoms with Crippen LogP contribution in [0, 0.1) is 0 Å². The van der Waals surface area contributed by atoms with Crippen LogP contribution in [0.15, 0.2) is 117 Å². The summed E-state index contributed by atoms with van der Waals surface area (Å²) in [6.07, 6.45) is 2.97. The predicted octanol–water partition coefficient (Wildman–Crippen LogP) is 5.88. The van der Waals surface area contributed by atoms with E-state index in [1.165, 1.54) is 29.0 Å². The molecular weight excluding hydrogens is 594 g/mol. The molecule has 8 nitrogen and oxygen atoms in total. The number of thioether (sulfide) groups is 1. The molecule has 0 bridgehead atoms. The van der Waals surface area contributed by atoms with Gasteiger partial charge in [0.05, 0.1) is 17.2 Å². The Balaban J connectivity index is 1.30. The first kappa shape index (κ1) is 27.2. The third kappa shape index (κ3) is 6.41. The van der Waals surface area contributed by atoms with E-state index in [9.17, 15) is 19.2 Å². The lowest BCUT2D eigenvalue weighted by molar-refractivity contribution is -0.121. The van der Waals surface area contributed by atoms with Crippen molar-refractivity contribution in [2.75, 3.05) is 10.2 Å². The number of anilines is 2. The normalized spacial score (nSPS) is 15.3. The molecule has 200 valence electrons. The fraction of sp³-hybridized carbons (Fsp3) is 0.0667. The summed E-state index contributed by atoms with van der Waals surface area (Å²) >= 11 is 4.61. The molecular formula is C30H22BrN3O5S. The monoisotopic (exact) mass is 615 g/mol. The number of hydrogen-bond acceptors (Lipinski definition) is 6. The van der Waals surface area contributed by atoms with Gasteiger partial charge in [0, 0.05) is 33.1 Å². The van der Waals surface area contributed by atoms with Crippen LogP contribution < -0.4 is 15.5 Å². The molecule has 4 amide bonds. The Labute approximate surface area is 242 Å². The van der Waals surface area contributed by atoms with Gasteiger partial charge in [-0.15, -0.1) is 11.8 Å². The zero-order valence-corrected chi connectivity index (χ0v) is 23.3. The molecule has 1 atom stereocenters. The Morgan fingerprint density at radius 3 is 2.45 bits per heavy atom. The van der Waals surface area contributed by atoms with Gasteiger partial charge in [-0.3, -0.25) is 19.2 Å². The van der Waals surface area contributed by atoms with Crippen LogP contribution in [0.3, 0.4) is 0 Å². The van der Waals surface area contributed by atoms with Crippen molar-refractivity contribution in [3.05, 3.63) is 119 Å². The lowest BCUT2D eigenvalue weighted by Crippen LogP contribution is -2.31. The number of amides is 4. The van der Waals surface area contributed by atoms with Crippen LogP contribution in [0.1, 0.15) is 22.5 Å². The van der Waals surface area contributed by atoms with E-state index in [-0.39, 0.29) is 23.9 Å². The summed E-state index contributed by atoms with van der Waals surface area (Å²) in [7, 11) is 0. The smallest absolute Gasteiger partial charge is 0.272 e. The van der Waals surface area contributed by atoms with E-state index in [0.29, 0.717) is 27.6 Å². The van der Waals surface area contributed by atoms with Crippen molar-refractivity contribution in [3.63, 3.8) is 0 Å². The van der Waals surface area contributed by atoms with Crippen molar-refractivity contribution >= 4 is 68.8 Å². The summed E-state index contributed by atoms with van der Waals surface area (Å²) in [6.45, 7) is 0. The number of hydrogen-bond donors (Lipinski definition) is 2. The number of imide groups is 1. The molecule has 5 rings (SSSR count). The average molecular weight is 616 g/mol. The zero-order valence-electron chi connectivity index (χ0n) is 20.9. The molecule has 1 aromatic heterocycles. The fourth-order valence-electron chi connectivity index (χ4n) is 4.03. The van der Waals surface area contributed by atoms with Crippen molar-refractivity contribution in [1.29, 1.82) is 0 Å². The Kier molecular flexibility index (Phi) is 8.28. The predicted molar refractivity (Wildman–Crippen MR) is 157 cm³/mol. The largest absolute Gasteiger partial charge is 0.465 e. The molecule has 40 heavy (non-hydrogen) atoms. The molecule has 3 aromatic carbocycles. The van der Waals surface area contributed by atoms with Gasteiger partial charge in [-0.1, -0.05) is 40.2 Å². The molecule has 10 heteroatoms. The SMILES string of the molecule is O=C(Nc1cccc(SC2CC(=O)N(c3ccc(Br)cc3)C2=O)c1)C(=Cc1ccco1)NC(=O)c1ccccc1. The molecule has 0 spiro atoms. The minimum atomic E-state index is -0.596. The highest BCUT2D eigenvalue weighted by atomic mass is 79.9. The molecule has 1 saturated heterocycles. The first-order valence-electron chi connectivity index (χ1n) is 12.2. The highest BCUT2D eigenvalue weighted by Gasteiger charge is 2.40. The van der Waals surface area contributed by atoms with E-state index in [4.69, 9.17) is 4.42 Å². The molecule has 0 saturated carbocycles. The molecule has 0 radical (unpaired) electrons. The number of nitrogens with zero attached hydrogens (tertiary/aromatic N) is 1. The first-order chi connectivity index (χ1) is 19.4. The molecule has 2 N–H and O–H groups in total. The minimum Gasteiger partial charge on any atom is -0.465 e. The van der Waals surface area contributed by atoms with E-state index in [1.807, 2.05) is 0 Å². The maximum Gasteiger partial charge on any atom is 0.272 e. The van der Waals surface area contributed by atoms with Crippen molar-refractivity contribution in [1.82, 2.24) is 5.32 Å². The first-order valence-corrected chi connectivity index (χ1v) is 13.9. The van der Waals surface area contributed by atoms with Crippen molar-refractivity contribution in [3.8, 4) is 0 Å². The van der Waals surface area contributed by atoms with Gasteiger partial charge in [0.25, 0.3) is 11.8 Å². The number of benzene rings is 3. The van der Waals surface area contributed by atoms with E-state index in [0.717, 1.165) is 4.47 Å². The molecule has 4 aromatic rings. The summed E-state index contributed by atoms with van der Waals surface area (Å²) in [5.74, 6) is -1.17. The number of halogens is 1. The number of carbonyl (C=O) groups excluding carboxylic acids is 4. The van der Waals surface area contributed by atoms with Gasteiger partial charge in [-0.25, -0.2) is 4.90 Å². The Hall–Kier alpha value is -4.41. The maximum absolute atomic E-state index is 13.2. The van der Waals surface area contributed by atoms with E-state index in [1.54, 1.807) is 91.0 Å². The van der Waals surface area contributed by atoms with Gasteiger partial charge in [0.15, 0.2) is 0 Å². The molecule has 1 fully saturated rings. The highest BCUT2D eigenvalue weighted by molar-refractivity contribution is 9.10. The van der Waals surface area contributed by atoms with Gasteiger partial charge in [0.2, 0.25) is 11.8 Å². The molecule has 1 aliphatic rings. The molecule has 2 heterocycles. The third-order valence-electron chi connectivity index (χ3n) is 5.92. The molecule has 0 aliphatic carbocycles. The van der Waals surface area contributed by atoms with Gasteiger partial charge in [0.1, 0.15) is 11.5 Å². The van der Waals surface area contributed by atoms with Crippen molar-refractivity contribution < 1.29 is 23.6 Å². The summed E-state index contributed by atoms with van der Waals surface area (Å²) in [6, 6.07) is 25.8. The summed E-state index contributed by atoms with van der Waals surface area (Å²) in [4.78, 5) is 53.6. The molecule has 1 unspecified atom stereocenters. The standard InChI is InChI=1S/C30H22BrN3O5S/c31-20-11-13-22(14-12-20)34-27(35)18-26(30(34)38)40-24-10-4-8-21(16-24)32-29(37)25(17-23-9-5-15-39-23)33-28(36)19-6-2-1-3-7-19/h1-17,26H,18H2,(H,32,37)(H,33,36). The van der Waals surface area contributed by atoms with Crippen molar-refractivity contribution in [2.45, 2.75) is 16.6 Å². The van der Waals surface area contributed by atoms with Crippen LogP contribution in [0.5, 0.6) is 0 Å². The van der Waals surface area contributed by atoms with E-state index < -0.39 is 17.1 Å². The van der Waals surface area contributed by atoms with E-state index >= 15 is 0 Å². The van der Waals surface area contributed by atoms with Crippen LogP contribution in [0.4, 0.5) is 11.4 Å². The Morgan fingerprint density at radius 1 is 0.950 bits per heavy atom. The average Bonchev–Trinajstić information content (AvgIpc) is 3.56. The zero-order chi connectivity index (χ0) is 28.1. The van der Waals surface area contributed by atoms with E-state index in [2.05, 4.69) is 26.6 Å². The second kappa shape index (κ2) is 12.2. The Bertz CT molecular complexity index is 1590. The lowest BCUT2D eigenvalue weighted by atomic mass is 10.2. The van der Waals surface area contributed by atoms with Crippen LogP contribution in [-0.2, 0) is 14.4 Å². The van der Waals surface area contributed by atoms with Gasteiger partial charge in [-0.2, -0.15) is 0 Å². The maximum atomic E-state index is 13.2. The summed E-state index contributed by atoms with van der Waals surface area (Å²) < 4.78 is 6.18. The number of rotatable bonds is 8. The summed E-state index contributed by atoms with van der Waals surface area (Å²) in [5.41, 5.74) is 1.36. The number of furan rings is 1. The number of nitrogens with one attached hydrogen (secondary N) is 2. The van der Waals surface area contributed by atoms with Gasteiger partial charge >= 0.3 is 0 Å². The fourth-order valence-corrected chi connectivity index (χ4v) is 5.40. The second-order valence-corrected chi connectivity index (χ2v) is 10.9. The van der Waals surface area contributed by atoms with Crippen LogP contribution >= 0.6 is 27.7 Å². The molecule has 1 aliphatic heterocycles. The van der Waals surface area contributed by atoms with Crippen molar-refractivity contribution in [2.24, 2.45) is 0 Å². The summed E-state index contributed by atoms with van der Waals surface area (Å²) in [5, 5.41) is 4.85. The van der Waals surface area contributed by atoms with Crippen LogP contribution in [0.25, 0.3) is 6.08 Å².